The van der Waals surface area contributed by atoms with Gasteiger partial charge in [0.15, 0.2) is 0 Å². The third kappa shape index (κ3) is 2.62. The molecule has 2 heterocycles. The van der Waals surface area contributed by atoms with Gasteiger partial charge in [-0.2, -0.15) is 0 Å². The molecular weight excluding hydrogens is 341 g/mol. The van der Waals surface area contributed by atoms with Crippen LogP contribution in [-0.4, -0.2) is 14.0 Å². The van der Waals surface area contributed by atoms with Crippen LogP contribution in [0.4, 0.5) is 4.39 Å². The maximum atomic E-state index is 13.1. The Labute approximate surface area is 147 Å². The standard InChI is InChI=1S/C19H13ClFN3O/c1-12-15(20)3-2-4-17(12)24-10-9-23-11-16(22-18(23)19(24)25)13-5-7-14(21)8-6-13/h2-11H,1H3. The molecule has 0 aliphatic heterocycles. The maximum absolute atomic E-state index is 13.1. The number of fused-ring (bicyclic) bond motifs is 1. The summed E-state index contributed by atoms with van der Waals surface area (Å²) in [5.74, 6) is -0.314. The Morgan fingerprint density at radius 1 is 1.08 bits per heavy atom. The third-order valence-electron chi connectivity index (χ3n) is 4.16. The highest BCUT2D eigenvalue weighted by atomic mass is 35.5. The lowest BCUT2D eigenvalue weighted by Gasteiger charge is -2.10. The Balaban J connectivity index is 1.90. The first kappa shape index (κ1) is 15.6. The molecule has 2 aromatic carbocycles. The topological polar surface area (TPSA) is 39.3 Å². The summed E-state index contributed by atoms with van der Waals surface area (Å²) in [7, 11) is 0. The van der Waals surface area contributed by atoms with E-state index in [1.807, 2.05) is 13.0 Å². The SMILES string of the molecule is Cc1c(Cl)cccc1-n1ccn2cc(-c3ccc(F)cc3)nc2c1=O. The van der Waals surface area contributed by atoms with Crippen LogP contribution in [0.2, 0.25) is 5.02 Å². The minimum absolute atomic E-state index is 0.249. The van der Waals surface area contributed by atoms with E-state index in [9.17, 15) is 9.18 Å². The van der Waals surface area contributed by atoms with Crippen LogP contribution in [0.25, 0.3) is 22.6 Å². The first-order valence-corrected chi connectivity index (χ1v) is 8.04. The molecule has 0 amide bonds. The lowest BCUT2D eigenvalue weighted by atomic mass is 10.2. The minimum atomic E-state index is -0.314. The van der Waals surface area contributed by atoms with E-state index in [-0.39, 0.29) is 11.4 Å². The average Bonchev–Trinajstić information content (AvgIpc) is 3.04. The summed E-state index contributed by atoms with van der Waals surface area (Å²) < 4.78 is 16.3. The van der Waals surface area contributed by atoms with Gasteiger partial charge in [-0.1, -0.05) is 17.7 Å². The summed E-state index contributed by atoms with van der Waals surface area (Å²) in [6, 6.07) is 11.4. The van der Waals surface area contributed by atoms with E-state index in [1.54, 1.807) is 47.3 Å². The number of halogens is 2. The van der Waals surface area contributed by atoms with Gasteiger partial charge in [-0.3, -0.25) is 9.36 Å². The molecule has 0 fully saturated rings. The first-order valence-electron chi connectivity index (χ1n) is 7.66. The summed E-state index contributed by atoms with van der Waals surface area (Å²) in [5, 5.41) is 0.597. The molecule has 0 unspecified atom stereocenters. The largest absolute Gasteiger partial charge is 0.300 e. The molecule has 4 aromatic rings. The van der Waals surface area contributed by atoms with E-state index in [0.717, 1.165) is 11.1 Å². The zero-order valence-electron chi connectivity index (χ0n) is 13.3. The van der Waals surface area contributed by atoms with Crippen molar-refractivity contribution in [2.45, 2.75) is 6.92 Å². The van der Waals surface area contributed by atoms with Crippen molar-refractivity contribution >= 4 is 17.2 Å². The van der Waals surface area contributed by atoms with Gasteiger partial charge < -0.3 is 4.40 Å². The molecule has 4 nitrogen and oxygen atoms in total. The Hall–Kier alpha value is -2.92. The molecule has 0 atom stereocenters. The van der Waals surface area contributed by atoms with Gasteiger partial charge in [-0.05, 0) is 48.9 Å². The van der Waals surface area contributed by atoms with Gasteiger partial charge in [-0.15, -0.1) is 0 Å². The van der Waals surface area contributed by atoms with Crippen molar-refractivity contribution < 1.29 is 4.39 Å². The van der Waals surface area contributed by atoms with E-state index in [0.29, 0.717) is 22.1 Å². The summed E-state index contributed by atoms with van der Waals surface area (Å²) >= 11 is 6.16. The Bertz CT molecular complexity index is 1150. The fraction of sp³-hybridized carbons (Fsp3) is 0.0526. The molecule has 6 heteroatoms. The van der Waals surface area contributed by atoms with Gasteiger partial charge in [0.05, 0.1) is 11.4 Å². The van der Waals surface area contributed by atoms with Crippen molar-refractivity contribution in [2.24, 2.45) is 0 Å². The average molecular weight is 354 g/mol. The lowest BCUT2D eigenvalue weighted by Crippen LogP contribution is -2.20. The van der Waals surface area contributed by atoms with E-state index in [2.05, 4.69) is 4.98 Å². The Morgan fingerprint density at radius 3 is 2.60 bits per heavy atom. The zero-order chi connectivity index (χ0) is 17.6. The van der Waals surface area contributed by atoms with Gasteiger partial charge >= 0.3 is 0 Å². The lowest BCUT2D eigenvalue weighted by molar-refractivity contribution is 0.628. The van der Waals surface area contributed by atoms with E-state index >= 15 is 0 Å². The van der Waals surface area contributed by atoms with Crippen LogP contribution in [0, 0.1) is 12.7 Å². The quantitative estimate of drug-likeness (QED) is 0.540. The fourth-order valence-electron chi connectivity index (χ4n) is 2.79. The molecule has 0 aliphatic carbocycles. The molecule has 0 saturated heterocycles. The van der Waals surface area contributed by atoms with Crippen LogP contribution in [0.3, 0.4) is 0 Å². The number of aromatic nitrogens is 3. The molecule has 25 heavy (non-hydrogen) atoms. The van der Waals surface area contributed by atoms with Crippen molar-refractivity contribution in [2.75, 3.05) is 0 Å². The highest BCUT2D eigenvalue weighted by Gasteiger charge is 2.12. The smallest absolute Gasteiger partial charge is 0.298 e. The fourth-order valence-corrected chi connectivity index (χ4v) is 2.96. The van der Waals surface area contributed by atoms with Gasteiger partial charge in [0.2, 0.25) is 5.65 Å². The van der Waals surface area contributed by atoms with Crippen LogP contribution < -0.4 is 5.56 Å². The molecule has 4 rings (SSSR count). The second-order valence-corrected chi connectivity index (χ2v) is 6.13. The molecule has 2 aromatic heterocycles. The van der Waals surface area contributed by atoms with Gasteiger partial charge in [0.1, 0.15) is 5.82 Å². The predicted molar refractivity (Wildman–Crippen MR) is 95.9 cm³/mol. The molecule has 0 spiro atoms. The van der Waals surface area contributed by atoms with E-state index in [4.69, 9.17) is 11.6 Å². The summed E-state index contributed by atoms with van der Waals surface area (Å²) in [6.07, 6.45) is 5.19. The highest BCUT2D eigenvalue weighted by Crippen LogP contribution is 2.22. The van der Waals surface area contributed by atoms with Gasteiger partial charge in [0.25, 0.3) is 5.56 Å². The number of hydrogen-bond acceptors (Lipinski definition) is 2. The Morgan fingerprint density at radius 2 is 1.84 bits per heavy atom. The van der Waals surface area contributed by atoms with Gasteiger partial charge in [0, 0.05) is 29.2 Å². The maximum Gasteiger partial charge on any atom is 0.298 e. The normalized spacial score (nSPS) is 11.2. The number of nitrogens with zero attached hydrogens (tertiary/aromatic N) is 3. The monoisotopic (exact) mass is 353 g/mol. The molecule has 0 aliphatic rings. The van der Waals surface area contributed by atoms with Crippen LogP contribution >= 0.6 is 11.6 Å². The molecule has 0 bridgehead atoms. The van der Waals surface area contributed by atoms with Crippen molar-refractivity contribution in [3.8, 4) is 16.9 Å². The number of rotatable bonds is 2. The van der Waals surface area contributed by atoms with Crippen LogP contribution in [0.1, 0.15) is 5.56 Å². The van der Waals surface area contributed by atoms with Crippen molar-refractivity contribution in [1.82, 2.24) is 14.0 Å². The molecule has 0 N–H and O–H groups in total. The van der Waals surface area contributed by atoms with Crippen molar-refractivity contribution in [1.29, 1.82) is 0 Å². The molecule has 0 radical (unpaired) electrons. The summed E-state index contributed by atoms with van der Waals surface area (Å²) in [6.45, 7) is 1.86. The van der Waals surface area contributed by atoms with Crippen LogP contribution in [-0.2, 0) is 0 Å². The van der Waals surface area contributed by atoms with Gasteiger partial charge in [-0.25, -0.2) is 9.37 Å². The molecule has 0 saturated carbocycles. The van der Waals surface area contributed by atoms with Crippen molar-refractivity contribution in [3.63, 3.8) is 0 Å². The first-order chi connectivity index (χ1) is 12.0. The zero-order valence-corrected chi connectivity index (χ0v) is 14.0. The second kappa shape index (κ2) is 5.86. The second-order valence-electron chi connectivity index (χ2n) is 5.72. The minimum Gasteiger partial charge on any atom is -0.300 e. The van der Waals surface area contributed by atoms with E-state index in [1.165, 1.54) is 16.7 Å². The number of imidazole rings is 1. The van der Waals surface area contributed by atoms with Crippen LogP contribution in [0.5, 0.6) is 0 Å². The predicted octanol–water partition coefficient (Wildman–Crippen LogP) is 4.25. The summed E-state index contributed by atoms with van der Waals surface area (Å²) in [4.78, 5) is 17.3. The van der Waals surface area contributed by atoms with Crippen LogP contribution in [0.15, 0.2) is 65.8 Å². The van der Waals surface area contributed by atoms with Crippen molar-refractivity contribution in [3.05, 3.63) is 87.8 Å². The molecule has 124 valence electrons. The number of hydrogen-bond donors (Lipinski definition) is 0. The highest BCUT2D eigenvalue weighted by molar-refractivity contribution is 6.31. The summed E-state index contributed by atoms with van der Waals surface area (Å²) in [5.41, 5.74) is 2.93. The third-order valence-corrected chi connectivity index (χ3v) is 4.57. The number of benzene rings is 2. The Kier molecular flexibility index (Phi) is 3.66. The van der Waals surface area contributed by atoms with E-state index < -0.39 is 0 Å². The molecular formula is C19H13ClFN3O.